The van der Waals surface area contributed by atoms with Gasteiger partial charge in [-0.25, -0.2) is 0 Å². The van der Waals surface area contributed by atoms with Gasteiger partial charge in [0.15, 0.2) is 0 Å². The van der Waals surface area contributed by atoms with Crippen molar-refractivity contribution in [2.45, 2.75) is 6.29 Å². The molecule has 0 bridgehead atoms. The van der Waals surface area contributed by atoms with E-state index in [-0.39, 0.29) is 13.1 Å². The summed E-state index contributed by atoms with van der Waals surface area (Å²) in [4.78, 5) is 22.2. The van der Waals surface area contributed by atoms with E-state index in [1.807, 2.05) is 0 Å². The van der Waals surface area contributed by atoms with Gasteiger partial charge in [0.1, 0.15) is 0 Å². The predicted octanol–water partition coefficient (Wildman–Crippen LogP) is -0.311. The summed E-state index contributed by atoms with van der Waals surface area (Å²) in [6.07, 6.45) is -1.11. The number of rotatable bonds is 5. The van der Waals surface area contributed by atoms with Crippen LogP contribution in [-0.2, 0) is 19.1 Å². The van der Waals surface area contributed by atoms with Crippen molar-refractivity contribution in [2.75, 3.05) is 13.1 Å². The quantitative estimate of drug-likeness (QED) is 0.538. The highest BCUT2D eigenvalue weighted by molar-refractivity contribution is 5.73. The van der Waals surface area contributed by atoms with Crippen molar-refractivity contribution in [3.63, 3.8) is 0 Å². The highest BCUT2D eigenvalue weighted by atomic mass is 16.7. The summed E-state index contributed by atoms with van der Waals surface area (Å²) in [6.45, 7) is -0.576. The second kappa shape index (κ2) is 6.62. The molecule has 0 aliphatic rings. The molecule has 0 amide bonds. The molecule has 0 radical (unpaired) electrons. The maximum atomic E-state index is 11.1. The highest BCUT2D eigenvalue weighted by Crippen LogP contribution is 2.18. The van der Waals surface area contributed by atoms with Crippen molar-refractivity contribution >= 4 is 11.9 Å². The van der Waals surface area contributed by atoms with E-state index in [1.165, 1.54) is 0 Å². The Morgan fingerprint density at radius 3 is 1.88 bits per heavy atom. The number of carbonyl (C=O) groups is 2. The van der Waals surface area contributed by atoms with E-state index in [1.54, 1.807) is 30.3 Å². The van der Waals surface area contributed by atoms with Gasteiger partial charge in [-0.15, -0.1) is 0 Å². The lowest BCUT2D eigenvalue weighted by Gasteiger charge is -2.17. The summed E-state index contributed by atoms with van der Waals surface area (Å²) in [5.41, 5.74) is 10.8. The van der Waals surface area contributed by atoms with E-state index in [0.717, 1.165) is 0 Å². The summed E-state index contributed by atoms with van der Waals surface area (Å²) in [5.74, 6) is -1.33. The smallest absolute Gasteiger partial charge is 0.323 e. The summed E-state index contributed by atoms with van der Waals surface area (Å²) >= 11 is 0. The van der Waals surface area contributed by atoms with Crippen LogP contribution in [0.15, 0.2) is 30.3 Å². The van der Waals surface area contributed by atoms with Crippen LogP contribution in [0.2, 0.25) is 0 Å². The Bertz CT molecular complexity index is 362. The number of hydrogen-bond donors (Lipinski definition) is 2. The number of benzene rings is 1. The minimum Gasteiger partial charge on any atom is -0.420 e. The third kappa shape index (κ3) is 4.21. The van der Waals surface area contributed by atoms with Crippen LogP contribution in [0.1, 0.15) is 11.9 Å². The summed E-state index contributed by atoms with van der Waals surface area (Å²) in [7, 11) is 0. The maximum Gasteiger partial charge on any atom is 0.323 e. The van der Waals surface area contributed by atoms with E-state index >= 15 is 0 Å². The first-order valence-corrected chi connectivity index (χ1v) is 5.01. The molecular formula is C11H14N2O4. The standard InChI is InChI=1S/C11H14N2O4/c12-6-9(14)16-11(17-10(15)7-13)8-4-2-1-3-5-8/h1-5,11H,6-7,12-13H2. The SMILES string of the molecule is NCC(=O)OC(OC(=O)CN)c1ccccc1. The fourth-order valence-electron chi connectivity index (χ4n) is 1.11. The van der Waals surface area contributed by atoms with E-state index in [2.05, 4.69) is 0 Å². The molecule has 0 spiro atoms. The van der Waals surface area contributed by atoms with Crippen LogP contribution in [0.3, 0.4) is 0 Å². The van der Waals surface area contributed by atoms with Gasteiger partial charge in [0.25, 0.3) is 6.29 Å². The number of esters is 2. The molecule has 0 aromatic heterocycles. The van der Waals surface area contributed by atoms with Crippen LogP contribution in [0, 0.1) is 0 Å². The van der Waals surface area contributed by atoms with Gasteiger partial charge in [-0.05, 0) is 0 Å². The van der Waals surface area contributed by atoms with Crippen LogP contribution >= 0.6 is 0 Å². The predicted molar refractivity (Wildman–Crippen MR) is 59.5 cm³/mol. The molecule has 0 saturated carbocycles. The molecule has 0 fully saturated rings. The van der Waals surface area contributed by atoms with Crippen LogP contribution < -0.4 is 11.5 Å². The van der Waals surface area contributed by atoms with Crippen molar-refractivity contribution in [3.05, 3.63) is 35.9 Å². The number of ether oxygens (including phenoxy) is 2. The van der Waals surface area contributed by atoms with Crippen molar-refractivity contribution < 1.29 is 19.1 Å². The van der Waals surface area contributed by atoms with Gasteiger partial charge in [0.2, 0.25) is 0 Å². The zero-order valence-corrected chi connectivity index (χ0v) is 9.17. The van der Waals surface area contributed by atoms with E-state index in [0.29, 0.717) is 5.56 Å². The van der Waals surface area contributed by atoms with Gasteiger partial charge < -0.3 is 20.9 Å². The molecule has 0 heterocycles. The summed E-state index contributed by atoms with van der Waals surface area (Å²) in [6, 6.07) is 8.58. The zero-order chi connectivity index (χ0) is 12.7. The summed E-state index contributed by atoms with van der Waals surface area (Å²) < 4.78 is 9.79. The molecule has 17 heavy (non-hydrogen) atoms. The molecule has 1 aromatic carbocycles. The second-order valence-corrected chi connectivity index (χ2v) is 3.13. The molecule has 0 aliphatic heterocycles. The fourth-order valence-corrected chi connectivity index (χ4v) is 1.11. The fraction of sp³-hybridized carbons (Fsp3) is 0.273. The van der Waals surface area contributed by atoms with Crippen molar-refractivity contribution in [1.82, 2.24) is 0 Å². The molecule has 6 heteroatoms. The van der Waals surface area contributed by atoms with Crippen LogP contribution in [0.5, 0.6) is 0 Å². The van der Waals surface area contributed by atoms with E-state index in [4.69, 9.17) is 20.9 Å². The first-order chi connectivity index (χ1) is 8.17. The summed E-state index contributed by atoms with van der Waals surface area (Å²) in [5, 5.41) is 0. The largest absolute Gasteiger partial charge is 0.420 e. The molecule has 92 valence electrons. The molecule has 1 aromatic rings. The minimum atomic E-state index is -1.11. The molecule has 0 atom stereocenters. The van der Waals surface area contributed by atoms with Crippen molar-refractivity contribution in [3.8, 4) is 0 Å². The molecule has 6 nitrogen and oxygen atoms in total. The Labute approximate surface area is 98.5 Å². The zero-order valence-electron chi connectivity index (χ0n) is 9.17. The highest BCUT2D eigenvalue weighted by Gasteiger charge is 2.19. The molecule has 0 aliphatic carbocycles. The maximum absolute atomic E-state index is 11.1. The third-order valence-electron chi connectivity index (χ3n) is 1.88. The lowest BCUT2D eigenvalue weighted by atomic mass is 10.2. The number of nitrogens with two attached hydrogens (primary N) is 2. The third-order valence-corrected chi connectivity index (χ3v) is 1.88. The average Bonchev–Trinajstić information content (AvgIpc) is 2.38. The van der Waals surface area contributed by atoms with E-state index in [9.17, 15) is 9.59 Å². The van der Waals surface area contributed by atoms with Crippen molar-refractivity contribution in [2.24, 2.45) is 11.5 Å². The molecule has 4 N–H and O–H groups in total. The Hall–Kier alpha value is -1.92. The van der Waals surface area contributed by atoms with Crippen LogP contribution in [0.25, 0.3) is 0 Å². The van der Waals surface area contributed by atoms with Gasteiger partial charge in [-0.1, -0.05) is 30.3 Å². The van der Waals surface area contributed by atoms with Gasteiger partial charge >= 0.3 is 11.9 Å². The minimum absolute atomic E-state index is 0.288. The normalized spacial score (nSPS) is 10.1. The molecule has 0 saturated heterocycles. The molecule has 1 rings (SSSR count). The Morgan fingerprint density at radius 2 is 1.47 bits per heavy atom. The van der Waals surface area contributed by atoms with Crippen LogP contribution in [-0.4, -0.2) is 25.0 Å². The van der Waals surface area contributed by atoms with Crippen LogP contribution in [0.4, 0.5) is 0 Å². The molecule has 0 unspecified atom stereocenters. The lowest BCUT2D eigenvalue weighted by molar-refractivity contribution is -0.187. The second-order valence-electron chi connectivity index (χ2n) is 3.13. The lowest BCUT2D eigenvalue weighted by Crippen LogP contribution is -2.25. The van der Waals surface area contributed by atoms with Crippen molar-refractivity contribution in [1.29, 1.82) is 0 Å². The Balaban J connectivity index is 2.79. The van der Waals surface area contributed by atoms with Gasteiger partial charge in [-0.2, -0.15) is 0 Å². The average molecular weight is 238 g/mol. The van der Waals surface area contributed by atoms with E-state index < -0.39 is 18.2 Å². The van der Waals surface area contributed by atoms with Gasteiger partial charge in [-0.3, -0.25) is 9.59 Å². The van der Waals surface area contributed by atoms with Gasteiger partial charge in [0, 0.05) is 5.56 Å². The van der Waals surface area contributed by atoms with Gasteiger partial charge in [0.05, 0.1) is 13.1 Å². The first kappa shape index (κ1) is 13.1. The topological polar surface area (TPSA) is 105 Å². The number of hydrogen-bond acceptors (Lipinski definition) is 6. The Kier molecular flexibility index (Phi) is 5.12. The number of carbonyl (C=O) groups excluding carboxylic acids is 2. The molecular weight excluding hydrogens is 224 g/mol. The Morgan fingerprint density at radius 1 is 1.00 bits per heavy atom. The first-order valence-electron chi connectivity index (χ1n) is 5.01. The monoisotopic (exact) mass is 238 g/mol.